The smallest absolute Gasteiger partial charge is 0.300 e. The Morgan fingerprint density at radius 2 is 1.65 bits per heavy atom. The van der Waals surface area contributed by atoms with Gasteiger partial charge in [0.05, 0.1) is 5.71 Å². The van der Waals surface area contributed by atoms with Gasteiger partial charge in [0.1, 0.15) is 17.4 Å². The zero-order valence-electron chi connectivity index (χ0n) is 21.6. The summed E-state index contributed by atoms with van der Waals surface area (Å²) in [6.45, 7) is 16.3. The second-order valence-corrected chi connectivity index (χ2v) is 9.15. The minimum Gasteiger partial charge on any atom is -0.481 e. The van der Waals surface area contributed by atoms with Crippen LogP contribution < -0.4 is 0 Å². The van der Waals surface area contributed by atoms with Crippen LogP contribution in [0.5, 0.6) is 0 Å². The van der Waals surface area contributed by atoms with Crippen LogP contribution in [0.1, 0.15) is 87.1 Å². The molecule has 0 amide bonds. The molecule has 34 heavy (non-hydrogen) atoms. The van der Waals surface area contributed by atoms with Crippen LogP contribution >= 0.6 is 22.9 Å². The predicted molar refractivity (Wildman–Crippen MR) is 144 cm³/mol. The number of hydrogen-bond acceptors (Lipinski definition) is 5. The number of unbranched alkanes of at least 4 members (excludes halogenated alkanes) is 2. The first-order chi connectivity index (χ1) is 16.2. The van der Waals surface area contributed by atoms with Crippen molar-refractivity contribution in [3.8, 4) is 5.00 Å². The first kappa shape index (κ1) is 29.5. The third kappa shape index (κ3) is 7.77. The molecule has 0 bridgehead atoms. The van der Waals surface area contributed by atoms with Gasteiger partial charge >= 0.3 is 0 Å². The van der Waals surface area contributed by atoms with E-state index in [-0.39, 0.29) is 0 Å². The number of halogens is 1. The van der Waals surface area contributed by atoms with Gasteiger partial charge in [0.2, 0.25) is 0 Å². The van der Waals surface area contributed by atoms with Crippen LogP contribution in [0, 0.1) is 20.8 Å². The highest BCUT2D eigenvalue weighted by atomic mass is 35.5. The van der Waals surface area contributed by atoms with E-state index in [0.717, 1.165) is 39.9 Å². The van der Waals surface area contributed by atoms with Crippen LogP contribution in [0.25, 0.3) is 5.00 Å². The number of thiophene rings is 1. The van der Waals surface area contributed by atoms with Crippen molar-refractivity contribution in [3.05, 3.63) is 62.5 Å². The highest BCUT2D eigenvalue weighted by Gasteiger charge is 2.26. The summed E-state index contributed by atoms with van der Waals surface area (Å²) in [5, 5.41) is 17.8. The molecule has 8 heteroatoms. The SMILES string of the molecule is CC.CC(=O)O.CCCCC.Cc1sc2c(c1C)C(c1ccc(Cl)cc1)=NCc1nnc(C)n1-2. The van der Waals surface area contributed by atoms with E-state index in [1.165, 1.54) is 35.3 Å². The molecule has 1 aliphatic heterocycles. The van der Waals surface area contributed by atoms with E-state index in [1.54, 1.807) is 11.3 Å². The highest BCUT2D eigenvalue weighted by molar-refractivity contribution is 7.15. The van der Waals surface area contributed by atoms with E-state index in [2.05, 4.69) is 42.5 Å². The molecule has 0 spiro atoms. The standard InChI is InChI=1S/C17H15ClN4S.C5H12.C2H4O2.C2H6/c1-9-10(2)23-17-15(9)16(12-4-6-13(18)7-5-12)19-8-14-21-20-11(3)22(14)17;1-3-5-4-2;1-2(3)4;1-2/h4-7H,8H2,1-3H3;3-5H2,1-2H3;1H3,(H,3,4);1-2H3. The van der Waals surface area contributed by atoms with Gasteiger partial charge in [0.15, 0.2) is 5.82 Å². The molecule has 1 aliphatic rings. The van der Waals surface area contributed by atoms with Crippen LogP contribution in [-0.2, 0) is 11.3 Å². The molecule has 0 saturated carbocycles. The molecule has 2 aromatic heterocycles. The summed E-state index contributed by atoms with van der Waals surface area (Å²) in [6.07, 6.45) is 4.08. The summed E-state index contributed by atoms with van der Waals surface area (Å²) in [7, 11) is 0. The van der Waals surface area contributed by atoms with Crippen molar-refractivity contribution >= 4 is 34.6 Å². The average Bonchev–Trinajstić information content (AvgIpc) is 3.25. The van der Waals surface area contributed by atoms with Crippen molar-refractivity contribution in [1.82, 2.24) is 14.8 Å². The van der Waals surface area contributed by atoms with Crippen molar-refractivity contribution in [3.63, 3.8) is 0 Å². The third-order valence-corrected chi connectivity index (χ3v) is 6.35. The maximum atomic E-state index is 9.00. The molecule has 0 fully saturated rings. The number of carbonyl (C=O) groups is 1. The number of carboxylic acid groups (broad SMARTS) is 1. The summed E-state index contributed by atoms with van der Waals surface area (Å²) < 4.78 is 2.13. The molecule has 6 nitrogen and oxygen atoms in total. The fourth-order valence-electron chi connectivity index (χ4n) is 3.24. The van der Waals surface area contributed by atoms with Crippen molar-refractivity contribution in [2.24, 2.45) is 4.99 Å². The number of carboxylic acids is 1. The van der Waals surface area contributed by atoms with Gasteiger partial charge in [-0.1, -0.05) is 70.7 Å². The van der Waals surface area contributed by atoms with E-state index in [1.807, 2.05) is 45.0 Å². The summed E-state index contributed by atoms with van der Waals surface area (Å²) >= 11 is 7.80. The van der Waals surface area contributed by atoms with Crippen LogP contribution in [0.15, 0.2) is 29.3 Å². The predicted octanol–water partition coefficient (Wildman–Crippen LogP) is 7.57. The Bertz CT molecular complexity index is 1080. The van der Waals surface area contributed by atoms with Gasteiger partial charge in [-0.15, -0.1) is 21.5 Å². The zero-order valence-corrected chi connectivity index (χ0v) is 23.1. The van der Waals surface area contributed by atoms with Gasteiger partial charge in [0, 0.05) is 28.0 Å². The van der Waals surface area contributed by atoms with Gasteiger partial charge in [-0.25, -0.2) is 0 Å². The maximum Gasteiger partial charge on any atom is 0.300 e. The molecule has 0 aliphatic carbocycles. The number of aromatic nitrogens is 3. The van der Waals surface area contributed by atoms with Crippen molar-refractivity contribution < 1.29 is 9.90 Å². The fraction of sp³-hybridized carbons (Fsp3) is 0.462. The molecule has 0 saturated heterocycles. The average molecular weight is 505 g/mol. The van der Waals surface area contributed by atoms with Gasteiger partial charge in [-0.2, -0.15) is 0 Å². The Morgan fingerprint density at radius 1 is 1.09 bits per heavy atom. The molecule has 1 aromatic carbocycles. The molecule has 0 radical (unpaired) electrons. The molecular formula is C26H37ClN4O2S. The lowest BCUT2D eigenvalue weighted by Crippen LogP contribution is -2.07. The number of aryl methyl sites for hydroxylation is 2. The fourth-order valence-corrected chi connectivity index (χ4v) is 4.60. The molecule has 186 valence electrons. The largest absolute Gasteiger partial charge is 0.481 e. The van der Waals surface area contributed by atoms with Gasteiger partial charge in [-0.05, 0) is 38.5 Å². The molecule has 0 unspecified atom stereocenters. The normalized spacial score (nSPS) is 11.1. The van der Waals surface area contributed by atoms with E-state index in [4.69, 9.17) is 26.5 Å². The first-order valence-corrected chi connectivity index (χ1v) is 12.9. The minimum atomic E-state index is -0.833. The van der Waals surface area contributed by atoms with Gasteiger partial charge in [0.25, 0.3) is 5.97 Å². The molecular weight excluding hydrogens is 468 g/mol. The number of nitrogens with zero attached hydrogens (tertiary/aromatic N) is 4. The lowest BCUT2D eigenvalue weighted by atomic mass is 10.00. The Labute approximate surface area is 212 Å². The molecule has 3 heterocycles. The van der Waals surface area contributed by atoms with Crippen molar-refractivity contribution in [1.29, 1.82) is 0 Å². The highest BCUT2D eigenvalue weighted by Crippen LogP contribution is 2.36. The summed E-state index contributed by atoms with van der Waals surface area (Å²) in [6, 6.07) is 7.86. The topological polar surface area (TPSA) is 80.4 Å². The lowest BCUT2D eigenvalue weighted by Gasteiger charge is -2.09. The molecule has 4 rings (SSSR count). The number of aliphatic imine (C=N–C) groups is 1. The Kier molecular flexibility index (Phi) is 12.8. The second kappa shape index (κ2) is 14.7. The monoisotopic (exact) mass is 504 g/mol. The van der Waals surface area contributed by atoms with E-state index >= 15 is 0 Å². The number of fused-ring (bicyclic) bond motifs is 3. The van der Waals surface area contributed by atoms with Gasteiger partial charge in [-0.3, -0.25) is 14.4 Å². The first-order valence-electron chi connectivity index (χ1n) is 11.7. The Hall–Kier alpha value is -2.51. The summed E-state index contributed by atoms with van der Waals surface area (Å²) in [5.74, 6) is 0.948. The van der Waals surface area contributed by atoms with Crippen molar-refractivity contribution in [2.75, 3.05) is 0 Å². The van der Waals surface area contributed by atoms with Crippen LogP contribution in [0.2, 0.25) is 5.02 Å². The lowest BCUT2D eigenvalue weighted by molar-refractivity contribution is -0.134. The second-order valence-electron chi connectivity index (χ2n) is 7.51. The molecule has 3 aromatic rings. The van der Waals surface area contributed by atoms with Crippen LogP contribution in [0.4, 0.5) is 0 Å². The quantitative estimate of drug-likeness (QED) is 0.398. The summed E-state index contributed by atoms with van der Waals surface area (Å²) in [4.78, 5) is 15.1. The number of hydrogen-bond donors (Lipinski definition) is 1. The number of benzene rings is 1. The minimum absolute atomic E-state index is 0.526. The number of aliphatic carboxylic acids is 1. The molecule has 0 atom stereocenters. The summed E-state index contributed by atoms with van der Waals surface area (Å²) in [5.41, 5.74) is 4.52. The zero-order chi connectivity index (χ0) is 25.8. The molecule has 1 N–H and O–H groups in total. The van der Waals surface area contributed by atoms with E-state index in [0.29, 0.717) is 6.54 Å². The Morgan fingerprint density at radius 3 is 2.15 bits per heavy atom. The van der Waals surface area contributed by atoms with Gasteiger partial charge < -0.3 is 5.11 Å². The maximum absolute atomic E-state index is 9.00. The number of rotatable bonds is 3. The van der Waals surface area contributed by atoms with E-state index < -0.39 is 5.97 Å². The van der Waals surface area contributed by atoms with E-state index in [9.17, 15) is 0 Å². The van der Waals surface area contributed by atoms with Crippen LogP contribution in [-0.4, -0.2) is 31.6 Å². The van der Waals surface area contributed by atoms with Crippen LogP contribution in [0.3, 0.4) is 0 Å². The Balaban J connectivity index is 0.000000448. The third-order valence-electron chi connectivity index (χ3n) is 4.90. The van der Waals surface area contributed by atoms with Crippen molar-refractivity contribution in [2.45, 2.75) is 81.2 Å².